The highest BCUT2D eigenvalue weighted by molar-refractivity contribution is 7.99. The molecule has 1 amide bonds. The number of fused-ring (bicyclic) bond motifs is 1. The third-order valence-electron chi connectivity index (χ3n) is 5.05. The van der Waals surface area contributed by atoms with Crippen molar-refractivity contribution in [1.29, 1.82) is 0 Å². The van der Waals surface area contributed by atoms with Gasteiger partial charge in [0.25, 0.3) is 0 Å². The van der Waals surface area contributed by atoms with Crippen LogP contribution in [-0.4, -0.2) is 49.2 Å². The number of nitrogen functional groups attached to an aromatic ring is 1. The van der Waals surface area contributed by atoms with Crippen LogP contribution in [0.5, 0.6) is 0 Å². The van der Waals surface area contributed by atoms with Crippen LogP contribution in [-0.2, 0) is 11.2 Å². The highest BCUT2D eigenvalue weighted by Crippen LogP contribution is 2.25. The standard InChI is InChI=1S/C17H26N6OS/c1-4-13-11(2)19-16(18)23-15(13)20-21-17(23)25-10-14(24)22(3)12-8-6-5-7-9-12/h12H,4-10H2,1-3H3,(H2,18,19). The molecule has 0 unspecified atom stereocenters. The molecular weight excluding hydrogens is 336 g/mol. The van der Waals surface area contributed by atoms with Crippen molar-refractivity contribution < 1.29 is 4.79 Å². The Labute approximate surface area is 152 Å². The fourth-order valence-electron chi connectivity index (χ4n) is 3.53. The molecule has 25 heavy (non-hydrogen) atoms. The molecule has 0 aromatic carbocycles. The molecule has 0 spiro atoms. The van der Waals surface area contributed by atoms with Crippen LogP contribution in [0, 0.1) is 6.92 Å². The maximum atomic E-state index is 12.5. The largest absolute Gasteiger partial charge is 0.369 e. The summed E-state index contributed by atoms with van der Waals surface area (Å²) in [4.78, 5) is 18.8. The Morgan fingerprint density at radius 1 is 1.32 bits per heavy atom. The monoisotopic (exact) mass is 362 g/mol. The Morgan fingerprint density at radius 3 is 2.72 bits per heavy atom. The number of rotatable bonds is 5. The predicted octanol–water partition coefficient (Wildman–Crippen LogP) is 2.46. The summed E-state index contributed by atoms with van der Waals surface area (Å²) in [7, 11) is 1.91. The zero-order valence-electron chi connectivity index (χ0n) is 15.2. The molecule has 0 saturated heterocycles. The lowest BCUT2D eigenvalue weighted by atomic mass is 9.94. The lowest BCUT2D eigenvalue weighted by Crippen LogP contribution is -2.39. The maximum Gasteiger partial charge on any atom is 0.233 e. The summed E-state index contributed by atoms with van der Waals surface area (Å²) >= 11 is 1.37. The van der Waals surface area contributed by atoms with Gasteiger partial charge in [0.1, 0.15) is 0 Å². The van der Waals surface area contributed by atoms with Gasteiger partial charge in [-0.05, 0) is 26.2 Å². The van der Waals surface area contributed by atoms with Crippen molar-refractivity contribution >= 4 is 29.3 Å². The van der Waals surface area contributed by atoms with Gasteiger partial charge in [-0.25, -0.2) is 9.38 Å². The topological polar surface area (TPSA) is 89.4 Å². The van der Waals surface area contributed by atoms with E-state index in [0.29, 0.717) is 22.9 Å². The highest BCUT2D eigenvalue weighted by atomic mass is 32.2. The van der Waals surface area contributed by atoms with Crippen molar-refractivity contribution in [3.05, 3.63) is 11.3 Å². The Bertz CT molecular complexity index is 768. The number of nitrogens with zero attached hydrogens (tertiary/aromatic N) is 5. The molecule has 0 radical (unpaired) electrons. The SMILES string of the molecule is CCc1c(C)nc(N)n2c(SCC(=O)N(C)C3CCCCC3)nnc12. The molecule has 1 aliphatic rings. The maximum absolute atomic E-state index is 12.5. The molecule has 2 N–H and O–H groups in total. The molecule has 136 valence electrons. The van der Waals surface area contributed by atoms with Gasteiger partial charge in [-0.3, -0.25) is 4.79 Å². The molecule has 8 heteroatoms. The molecule has 1 aliphatic carbocycles. The smallest absolute Gasteiger partial charge is 0.233 e. The molecule has 1 saturated carbocycles. The Balaban J connectivity index is 1.74. The molecule has 1 fully saturated rings. The van der Waals surface area contributed by atoms with Crippen LogP contribution in [0.2, 0.25) is 0 Å². The fourth-order valence-corrected chi connectivity index (χ4v) is 4.39. The van der Waals surface area contributed by atoms with Gasteiger partial charge in [0.15, 0.2) is 10.8 Å². The normalized spacial score (nSPS) is 15.6. The van der Waals surface area contributed by atoms with Crippen LogP contribution >= 0.6 is 11.8 Å². The second-order valence-corrected chi connectivity index (χ2v) is 7.56. The number of amides is 1. The van der Waals surface area contributed by atoms with Gasteiger partial charge < -0.3 is 10.6 Å². The molecule has 2 aromatic heterocycles. The quantitative estimate of drug-likeness (QED) is 0.822. The van der Waals surface area contributed by atoms with E-state index in [9.17, 15) is 4.79 Å². The van der Waals surface area contributed by atoms with Gasteiger partial charge in [0.2, 0.25) is 11.9 Å². The van der Waals surface area contributed by atoms with Crippen LogP contribution in [0.25, 0.3) is 5.65 Å². The van der Waals surface area contributed by atoms with Gasteiger partial charge in [-0.2, -0.15) is 0 Å². The molecule has 0 atom stereocenters. The predicted molar refractivity (Wildman–Crippen MR) is 99.7 cm³/mol. The Kier molecular flexibility index (Phi) is 5.46. The van der Waals surface area contributed by atoms with Crippen LogP contribution in [0.15, 0.2) is 5.16 Å². The number of hydrogen-bond acceptors (Lipinski definition) is 6. The number of carbonyl (C=O) groups is 1. The van der Waals surface area contributed by atoms with Gasteiger partial charge in [-0.15, -0.1) is 10.2 Å². The summed E-state index contributed by atoms with van der Waals surface area (Å²) in [5, 5.41) is 9.13. The summed E-state index contributed by atoms with van der Waals surface area (Å²) in [6, 6.07) is 0.373. The first-order valence-corrected chi connectivity index (χ1v) is 9.90. The molecule has 0 aliphatic heterocycles. The minimum absolute atomic E-state index is 0.128. The van der Waals surface area contributed by atoms with Crippen molar-refractivity contribution in [3.8, 4) is 0 Å². The van der Waals surface area contributed by atoms with Crippen LogP contribution < -0.4 is 5.73 Å². The molecular formula is C17H26N6OS. The van der Waals surface area contributed by atoms with Crippen molar-refractivity contribution in [2.45, 2.75) is 63.6 Å². The number of hydrogen-bond donors (Lipinski definition) is 1. The summed E-state index contributed by atoms with van der Waals surface area (Å²) in [6.07, 6.45) is 6.74. The second kappa shape index (κ2) is 7.59. The van der Waals surface area contributed by atoms with Crippen LogP contribution in [0.4, 0.5) is 5.95 Å². The lowest BCUT2D eigenvalue weighted by Gasteiger charge is -2.31. The van der Waals surface area contributed by atoms with E-state index >= 15 is 0 Å². The second-order valence-electron chi connectivity index (χ2n) is 6.61. The van der Waals surface area contributed by atoms with Crippen LogP contribution in [0.1, 0.15) is 50.3 Å². The molecule has 3 rings (SSSR count). The van der Waals surface area contributed by atoms with Crippen molar-refractivity contribution in [2.24, 2.45) is 0 Å². The third kappa shape index (κ3) is 3.58. The molecule has 7 nitrogen and oxygen atoms in total. The van der Waals surface area contributed by atoms with Gasteiger partial charge in [0.05, 0.1) is 5.75 Å². The summed E-state index contributed by atoms with van der Waals surface area (Å²) in [5.41, 5.74) is 8.73. The molecule has 0 bridgehead atoms. The Hall–Kier alpha value is -1.83. The highest BCUT2D eigenvalue weighted by Gasteiger charge is 2.23. The fraction of sp³-hybridized carbons (Fsp3) is 0.647. The van der Waals surface area contributed by atoms with E-state index in [1.54, 1.807) is 4.40 Å². The van der Waals surface area contributed by atoms with E-state index in [4.69, 9.17) is 5.73 Å². The molecule has 2 heterocycles. The zero-order chi connectivity index (χ0) is 18.0. The van der Waals surface area contributed by atoms with Gasteiger partial charge in [0, 0.05) is 24.3 Å². The van der Waals surface area contributed by atoms with Crippen molar-refractivity contribution in [1.82, 2.24) is 24.5 Å². The average molecular weight is 363 g/mol. The van der Waals surface area contributed by atoms with E-state index in [1.807, 2.05) is 18.9 Å². The first-order chi connectivity index (χ1) is 12.0. The third-order valence-corrected chi connectivity index (χ3v) is 5.96. The van der Waals surface area contributed by atoms with E-state index in [1.165, 1.54) is 31.0 Å². The van der Waals surface area contributed by atoms with Gasteiger partial charge in [-0.1, -0.05) is 37.9 Å². The number of nitrogens with two attached hydrogens (primary N) is 1. The van der Waals surface area contributed by atoms with Crippen molar-refractivity contribution in [3.63, 3.8) is 0 Å². The van der Waals surface area contributed by atoms with E-state index in [2.05, 4.69) is 22.1 Å². The number of anilines is 1. The van der Waals surface area contributed by atoms with Gasteiger partial charge >= 0.3 is 0 Å². The first-order valence-electron chi connectivity index (χ1n) is 8.91. The minimum Gasteiger partial charge on any atom is -0.369 e. The average Bonchev–Trinajstić information content (AvgIpc) is 3.04. The minimum atomic E-state index is 0.128. The number of aryl methyl sites for hydroxylation is 2. The van der Waals surface area contributed by atoms with Crippen molar-refractivity contribution in [2.75, 3.05) is 18.5 Å². The first kappa shape index (κ1) is 18.0. The van der Waals surface area contributed by atoms with E-state index in [0.717, 1.165) is 36.2 Å². The Morgan fingerprint density at radius 2 is 2.04 bits per heavy atom. The summed E-state index contributed by atoms with van der Waals surface area (Å²) in [6.45, 7) is 3.99. The van der Waals surface area contributed by atoms with E-state index in [-0.39, 0.29) is 5.91 Å². The van der Waals surface area contributed by atoms with E-state index < -0.39 is 0 Å². The zero-order valence-corrected chi connectivity index (χ0v) is 16.0. The lowest BCUT2D eigenvalue weighted by molar-refractivity contribution is -0.129. The summed E-state index contributed by atoms with van der Waals surface area (Å²) in [5.74, 6) is 0.830. The molecule has 2 aromatic rings. The number of carbonyl (C=O) groups excluding carboxylic acids is 1. The number of aromatic nitrogens is 4. The summed E-state index contributed by atoms with van der Waals surface area (Å²) < 4.78 is 1.75. The number of thioether (sulfide) groups is 1. The van der Waals surface area contributed by atoms with Crippen LogP contribution in [0.3, 0.4) is 0 Å².